The van der Waals surface area contributed by atoms with E-state index in [2.05, 4.69) is 54.6 Å². The van der Waals surface area contributed by atoms with Crippen molar-refractivity contribution in [2.75, 3.05) is 0 Å². The van der Waals surface area contributed by atoms with Crippen molar-refractivity contribution in [3.05, 3.63) is 557 Å². The van der Waals surface area contributed by atoms with Gasteiger partial charge in [-0.1, -0.05) is 490 Å². The van der Waals surface area contributed by atoms with Crippen LogP contribution in [0.2, 0.25) is 0 Å². The predicted octanol–water partition coefficient (Wildman–Crippen LogP) is 41.0. The second-order valence-electron chi connectivity index (χ2n) is 35.2. The van der Waals surface area contributed by atoms with Gasteiger partial charge in [0.15, 0.2) is 0 Å². The molecule has 29 rings (SSSR count). The maximum atomic E-state index is 9.51. The molecule has 0 saturated heterocycles. The molecule has 0 radical (unpaired) electrons. The van der Waals surface area contributed by atoms with Crippen molar-refractivity contribution in [2.45, 2.75) is 0 Å². The Kier molecular flexibility index (Phi) is 14.0. The van der Waals surface area contributed by atoms with Gasteiger partial charge in [0, 0.05) is 32.3 Å². The Morgan fingerprint density at radius 3 is 0.687 bits per heavy atom. The fraction of sp³-hybridized carbons (Fsp3) is 0. The minimum atomic E-state index is -0.725. The van der Waals surface area contributed by atoms with Gasteiger partial charge in [0.1, 0.15) is 33.5 Å². The highest BCUT2D eigenvalue weighted by Crippen LogP contribution is 2.54. The summed E-state index contributed by atoms with van der Waals surface area (Å²) in [4.78, 5) is 0. The van der Waals surface area contributed by atoms with Crippen LogP contribution in [0.3, 0.4) is 0 Å². The summed E-state index contributed by atoms with van der Waals surface area (Å²) in [5, 5.41) is 0.835. The van der Waals surface area contributed by atoms with E-state index >= 15 is 0 Å². The van der Waals surface area contributed by atoms with Crippen molar-refractivity contribution in [1.29, 1.82) is 0 Å². The van der Waals surface area contributed by atoms with E-state index in [0.717, 1.165) is 89.0 Å². The lowest BCUT2D eigenvalue weighted by Gasteiger charge is -2.18. The molecule has 3 heteroatoms. The van der Waals surface area contributed by atoms with E-state index in [1.54, 1.807) is 54.6 Å². The molecule has 3 aromatic heterocycles. The lowest BCUT2D eigenvalue weighted by atomic mass is 9.84. The second kappa shape index (κ2) is 37.3. The van der Waals surface area contributed by atoms with Gasteiger partial charge in [-0.05, 0) is 287 Å². The minimum Gasteiger partial charge on any atom is -0.456 e. The number of fused-ring (bicyclic) bond motifs is 15. The van der Waals surface area contributed by atoms with Crippen LogP contribution in [0, 0.1) is 0 Å². The third kappa shape index (κ3) is 15.6. The number of rotatable bonds is 14. The highest BCUT2D eigenvalue weighted by molar-refractivity contribution is 6.30. The zero-order valence-electron chi connectivity index (χ0n) is 116. The van der Waals surface area contributed by atoms with Crippen LogP contribution in [0.1, 0.15) is 53.5 Å². The van der Waals surface area contributed by atoms with Crippen LogP contribution in [-0.4, -0.2) is 0 Å². The van der Waals surface area contributed by atoms with E-state index in [0.29, 0.717) is 82.5 Å². The van der Waals surface area contributed by atoms with E-state index in [1.807, 2.05) is 212 Å². The standard InChI is InChI=1S/2C50H32O.C44H28O/c1-4-16-33(17-5-1)36-30-37(34-18-6-2-7-19-34)32-38(31-36)39-26-14-28-45-49(39)50-44(27-15-29-46(50)51-45)48-42-24-12-10-22-40(42)47(35-20-8-3-9-21-35)41-23-11-13-25-43(41)48;1-3-14-33(15-4-1)34-26-28-35(29-27-34)38-18-7-8-19-39(38)37-30-31-46-45(32-37)50-44(24-13-25-47(50)51-46)49-42-22-11-9-20-40(42)48(36-16-5-2-6-17-36)41-21-10-12-23-43(41)49;1-3-12-29(13-4-1)30-22-24-31(25-23-30)33-26-27-40-39(28-33)44-38(20-11-21-41(44)45-40)43-36-18-9-7-16-34(36)42(32-14-5-2-6-15-32)35-17-8-10-19-37(35)43/h2*1-32H;1-28H/i3D,8D,9D,10D,11D,12D,13D,20D,21D,22D,23D,24D,25D;2D,5D,6D,9D,10D,11D,12D,16D,17D,20D,21D,22D,23D;2D,5D,6D,7D,8D,9D,10D,14D,15D,16D,17D,18D,19D. The van der Waals surface area contributed by atoms with Crippen molar-refractivity contribution in [3.8, 4) is 156 Å². The third-order valence-electron chi connectivity index (χ3n) is 27.0. The molecule has 147 heavy (non-hydrogen) atoms. The summed E-state index contributed by atoms with van der Waals surface area (Å²) < 4.78 is 368. The molecule has 29 aromatic rings. The molecule has 3 heterocycles. The van der Waals surface area contributed by atoms with Gasteiger partial charge in [-0.2, -0.15) is 0 Å². The van der Waals surface area contributed by atoms with Crippen molar-refractivity contribution in [3.63, 3.8) is 0 Å². The molecular weight excluding hydrogens is 1780 g/mol. The Hall–Kier alpha value is -19.3. The molecule has 0 spiro atoms. The highest BCUT2D eigenvalue weighted by atomic mass is 16.3. The van der Waals surface area contributed by atoms with E-state index in [9.17, 15) is 16.4 Å². The summed E-state index contributed by atoms with van der Waals surface area (Å²) in [7, 11) is 0. The number of hydrogen-bond acceptors (Lipinski definition) is 3. The monoisotopic (exact) mass is 1910 g/mol. The minimum absolute atomic E-state index is 0.0335. The Labute approximate surface area is 906 Å². The van der Waals surface area contributed by atoms with E-state index in [1.165, 1.54) is 0 Å². The van der Waals surface area contributed by atoms with Gasteiger partial charge in [0.2, 0.25) is 0 Å². The molecule has 0 fully saturated rings. The van der Waals surface area contributed by atoms with Crippen LogP contribution >= 0.6 is 0 Å². The first kappa shape index (κ1) is 55.2. The Morgan fingerprint density at radius 2 is 0.340 bits per heavy atom. The van der Waals surface area contributed by atoms with Crippen LogP contribution in [0.4, 0.5) is 0 Å². The summed E-state index contributed by atoms with van der Waals surface area (Å²) in [5.41, 5.74) is 16.7. The van der Waals surface area contributed by atoms with E-state index in [-0.39, 0.29) is 98.0 Å². The summed E-state index contributed by atoms with van der Waals surface area (Å²) in [5.74, 6) is 0. The molecule has 0 amide bonds. The lowest BCUT2D eigenvalue weighted by molar-refractivity contribution is 0.668. The van der Waals surface area contributed by atoms with Crippen molar-refractivity contribution in [2.24, 2.45) is 0 Å². The van der Waals surface area contributed by atoms with Crippen molar-refractivity contribution >= 4 is 130 Å². The van der Waals surface area contributed by atoms with Crippen LogP contribution in [0.15, 0.2) is 570 Å². The normalized spacial score (nSPS) is 15.3. The molecule has 0 N–H and O–H groups in total. The van der Waals surface area contributed by atoms with Crippen LogP contribution in [0.25, 0.3) is 286 Å². The Bertz CT molecular complexity index is 12400. The first-order valence-electron chi connectivity index (χ1n) is 66.8. The SMILES string of the molecule is [2H]c1c([2H])c([2H])c(-c2c3c([2H])c([2H])c([2H])c([2H])c3c(-c3cccc4oc5ccc(-c6ccc(-c7ccccc7)cc6)cc5c34)c3c([2H])c([2H])c([2H])c([2H])c23)c([2H])c1[2H].[2H]c1c([2H])c([2H])c(-c2c3c([2H])c([2H])c([2H])c([2H])c3c(-c3cccc4oc5ccc(-c6ccccc6-c6ccc(-c7ccccc7)cc6)cc5c34)c3c([2H])c([2H])c([2H])c([2H])c23)c([2H])c1[2H].[2H]c1c([2H])c([2H])c(-c2c3c([2H])c([2H])c([2H])c([2H])c3c(-c3cccc4oc5cccc(-c6cc(-c7ccccc7)cc(-c7ccccc7)c6)c5c34)c3c([2H])c([2H])c([2H])c([2H])c23)c([2H])c1[2H]. The van der Waals surface area contributed by atoms with Gasteiger partial charge < -0.3 is 13.3 Å². The van der Waals surface area contributed by atoms with Gasteiger partial charge in [-0.15, -0.1) is 0 Å². The van der Waals surface area contributed by atoms with Gasteiger partial charge in [-0.25, -0.2) is 0 Å². The van der Waals surface area contributed by atoms with Gasteiger partial charge in [0.05, 0.1) is 53.5 Å². The first-order valence-corrected chi connectivity index (χ1v) is 47.3. The predicted molar refractivity (Wildman–Crippen MR) is 622 cm³/mol. The topological polar surface area (TPSA) is 39.4 Å². The Balaban J connectivity index is 0.000000130. The average Bonchev–Trinajstić information content (AvgIpc) is 0.923. The smallest absolute Gasteiger partial charge is 0.136 e. The average molecular weight is 1910 g/mol. The van der Waals surface area contributed by atoms with Crippen LogP contribution in [0.5, 0.6) is 0 Å². The summed E-state index contributed by atoms with van der Waals surface area (Å²) in [6.07, 6.45) is 0. The zero-order valence-corrected chi connectivity index (χ0v) is 77.3. The molecule has 0 unspecified atom stereocenters. The fourth-order valence-electron chi connectivity index (χ4n) is 20.6. The lowest BCUT2D eigenvalue weighted by Crippen LogP contribution is -1.91. The van der Waals surface area contributed by atoms with Crippen LogP contribution in [-0.2, 0) is 0 Å². The van der Waals surface area contributed by atoms with Crippen molar-refractivity contribution < 1.29 is 66.7 Å². The Morgan fingerprint density at radius 1 is 0.116 bits per heavy atom. The van der Waals surface area contributed by atoms with Gasteiger partial charge >= 0.3 is 0 Å². The fourth-order valence-corrected chi connectivity index (χ4v) is 20.6. The summed E-state index contributed by atoms with van der Waals surface area (Å²) >= 11 is 0. The second-order valence-corrected chi connectivity index (χ2v) is 35.2. The van der Waals surface area contributed by atoms with E-state index in [4.69, 9.17) is 50.3 Å². The molecule has 0 saturated carbocycles. The van der Waals surface area contributed by atoms with Gasteiger partial charge in [-0.3, -0.25) is 0 Å². The van der Waals surface area contributed by atoms with Crippen molar-refractivity contribution in [1.82, 2.24) is 0 Å². The number of furan rings is 3. The largest absolute Gasteiger partial charge is 0.456 e. The zero-order chi connectivity index (χ0) is 131. The molecule has 3 nitrogen and oxygen atoms in total. The first-order chi connectivity index (χ1) is 89.1. The highest BCUT2D eigenvalue weighted by Gasteiger charge is 2.28. The number of benzene rings is 26. The molecule has 0 aliphatic carbocycles. The molecule has 26 aromatic carbocycles. The summed E-state index contributed by atoms with van der Waals surface area (Å²) in [6.45, 7) is 0. The van der Waals surface area contributed by atoms with Crippen LogP contribution < -0.4 is 0 Å². The van der Waals surface area contributed by atoms with Gasteiger partial charge in [0.25, 0.3) is 0 Å². The molecule has 0 aliphatic rings. The number of hydrogen-bond donors (Lipinski definition) is 0. The maximum Gasteiger partial charge on any atom is 0.136 e. The molecular formula is C144H92O3. The quantitative estimate of drug-likeness (QED) is 0.102. The molecule has 686 valence electrons. The molecule has 0 bridgehead atoms. The van der Waals surface area contributed by atoms with E-state index < -0.39 is 252 Å². The molecule has 0 aliphatic heterocycles. The molecule has 0 atom stereocenters. The third-order valence-corrected chi connectivity index (χ3v) is 27.0. The summed E-state index contributed by atoms with van der Waals surface area (Å²) in [6, 6.07) is 77.8. The maximum absolute atomic E-state index is 9.51.